The predicted molar refractivity (Wildman–Crippen MR) is 88.2 cm³/mol. The molecule has 0 unspecified atom stereocenters. The molecule has 0 radical (unpaired) electrons. The Hall–Kier alpha value is -3.48. The molecule has 24 heavy (non-hydrogen) atoms. The van der Waals surface area contributed by atoms with E-state index >= 15 is 0 Å². The highest BCUT2D eigenvalue weighted by molar-refractivity contribution is 5.88. The summed E-state index contributed by atoms with van der Waals surface area (Å²) >= 11 is 0. The largest absolute Gasteiger partial charge is 0.508 e. The molecule has 1 amide bonds. The van der Waals surface area contributed by atoms with Crippen molar-refractivity contribution in [1.82, 2.24) is 10.2 Å². The number of hydrogen-bond acceptors (Lipinski definition) is 5. The number of anilines is 1. The minimum Gasteiger partial charge on any atom is -0.508 e. The number of aromatic hydroxyl groups is 2. The Balaban J connectivity index is 1.84. The molecule has 2 aromatic carbocycles. The lowest BCUT2D eigenvalue weighted by Crippen LogP contribution is -2.05. The smallest absolute Gasteiger partial charge is 0.221 e. The van der Waals surface area contributed by atoms with Crippen LogP contribution >= 0.6 is 0 Å². The van der Waals surface area contributed by atoms with Crippen LogP contribution in [0.25, 0.3) is 11.3 Å². The van der Waals surface area contributed by atoms with E-state index in [2.05, 4.69) is 15.5 Å². The summed E-state index contributed by atoms with van der Waals surface area (Å²) in [5, 5.41) is 28.7. The maximum absolute atomic E-state index is 11.0. The predicted octanol–water partition coefficient (Wildman–Crippen LogP) is 3.24. The van der Waals surface area contributed by atoms with Crippen molar-refractivity contribution >= 4 is 11.6 Å². The number of carbonyl (C=O) groups excluding carboxylic acids is 1. The molecule has 3 aromatic rings. The first-order valence-electron chi connectivity index (χ1n) is 7.14. The first-order valence-corrected chi connectivity index (χ1v) is 7.14. The lowest BCUT2D eigenvalue weighted by molar-refractivity contribution is -0.114. The molecule has 7 heteroatoms. The number of rotatable bonds is 4. The average Bonchev–Trinajstić information content (AvgIpc) is 2.97. The van der Waals surface area contributed by atoms with Gasteiger partial charge in [0.25, 0.3) is 0 Å². The van der Waals surface area contributed by atoms with Crippen molar-refractivity contribution in [2.75, 3.05) is 5.32 Å². The number of nitrogens with one attached hydrogen (secondary N) is 2. The number of hydrogen-bond donors (Lipinski definition) is 4. The summed E-state index contributed by atoms with van der Waals surface area (Å²) in [7, 11) is 0. The summed E-state index contributed by atoms with van der Waals surface area (Å²) < 4.78 is 5.77. The summed E-state index contributed by atoms with van der Waals surface area (Å²) in [6.07, 6.45) is 1.49. The zero-order valence-corrected chi connectivity index (χ0v) is 12.8. The van der Waals surface area contributed by atoms with Crippen LogP contribution in [-0.2, 0) is 4.79 Å². The average molecular weight is 325 g/mol. The number of ether oxygens (including phenoxy) is 1. The molecule has 1 aromatic heterocycles. The van der Waals surface area contributed by atoms with Gasteiger partial charge in [0.2, 0.25) is 5.91 Å². The number of benzene rings is 2. The Labute approximate surface area is 137 Å². The van der Waals surface area contributed by atoms with Crippen LogP contribution in [0.4, 0.5) is 5.69 Å². The van der Waals surface area contributed by atoms with E-state index in [0.29, 0.717) is 28.4 Å². The molecule has 4 N–H and O–H groups in total. The number of carbonyl (C=O) groups is 1. The second kappa shape index (κ2) is 6.33. The molecule has 0 aliphatic heterocycles. The first-order chi connectivity index (χ1) is 11.5. The van der Waals surface area contributed by atoms with Gasteiger partial charge in [0.1, 0.15) is 22.9 Å². The maximum atomic E-state index is 11.0. The highest BCUT2D eigenvalue weighted by atomic mass is 16.5. The monoisotopic (exact) mass is 325 g/mol. The first kappa shape index (κ1) is 15.4. The Bertz CT molecular complexity index is 872. The van der Waals surface area contributed by atoms with E-state index in [9.17, 15) is 15.0 Å². The standard InChI is InChI=1S/C17H15N3O4/c1-10(21)19-11-2-5-13(6-3-11)24-16-9-18-20-17(16)14-7-4-12(22)8-15(14)23/h2-9,22-23H,1H3,(H,18,20)(H,19,21). The second-order valence-electron chi connectivity index (χ2n) is 5.12. The number of phenols is 2. The summed E-state index contributed by atoms with van der Waals surface area (Å²) in [6, 6.07) is 11.1. The molecule has 3 rings (SSSR count). The molecule has 7 nitrogen and oxygen atoms in total. The summed E-state index contributed by atoms with van der Waals surface area (Å²) in [5.74, 6) is 0.689. The zero-order chi connectivity index (χ0) is 17.1. The summed E-state index contributed by atoms with van der Waals surface area (Å²) in [6.45, 7) is 1.44. The number of aromatic nitrogens is 2. The molecule has 122 valence electrons. The Kier molecular flexibility index (Phi) is 4.07. The highest BCUT2D eigenvalue weighted by Crippen LogP contribution is 2.37. The number of H-pyrrole nitrogens is 1. The van der Waals surface area contributed by atoms with Gasteiger partial charge >= 0.3 is 0 Å². The molecule has 1 heterocycles. The molecular formula is C17H15N3O4. The minimum atomic E-state index is -0.149. The fourth-order valence-electron chi connectivity index (χ4n) is 2.21. The van der Waals surface area contributed by atoms with E-state index in [1.54, 1.807) is 30.3 Å². The van der Waals surface area contributed by atoms with Crippen LogP contribution in [0.3, 0.4) is 0 Å². The summed E-state index contributed by atoms with van der Waals surface area (Å²) in [4.78, 5) is 11.0. The van der Waals surface area contributed by atoms with Gasteiger partial charge in [-0.25, -0.2) is 0 Å². The van der Waals surface area contributed by atoms with Gasteiger partial charge in [0.05, 0.1) is 6.20 Å². The van der Waals surface area contributed by atoms with Crippen molar-refractivity contribution in [2.24, 2.45) is 0 Å². The van der Waals surface area contributed by atoms with E-state index in [0.717, 1.165) is 0 Å². The van der Waals surface area contributed by atoms with Crippen molar-refractivity contribution in [1.29, 1.82) is 0 Å². The van der Waals surface area contributed by atoms with Gasteiger partial charge in [0.15, 0.2) is 5.75 Å². The van der Waals surface area contributed by atoms with Gasteiger partial charge in [-0.05, 0) is 36.4 Å². The van der Waals surface area contributed by atoms with E-state index in [4.69, 9.17) is 4.74 Å². The van der Waals surface area contributed by atoms with E-state index in [1.807, 2.05) is 0 Å². The zero-order valence-electron chi connectivity index (χ0n) is 12.8. The number of aromatic amines is 1. The summed E-state index contributed by atoms with van der Waals surface area (Å²) in [5.41, 5.74) is 1.60. The molecular weight excluding hydrogens is 310 g/mol. The third-order valence-corrected chi connectivity index (χ3v) is 3.26. The molecule has 0 saturated heterocycles. The van der Waals surface area contributed by atoms with Gasteiger partial charge in [-0.15, -0.1) is 0 Å². The quantitative estimate of drug-likeness (QED) is 0.589. The van der Waals surface area contributed by atoms with E-state index in [1.165, 1.54) is 25.3 Å². The van der Waals surface area contributed by atoms with Crippen molar-refractivity contribution in [3.05, 3.63) is 48.7 Å². The van der Waals surface area contributed by atoms with Crippen LogP contribution in [0, 0.1) is 0 Å². The molecule has 0 saturated carbocycles. The molecule has 0 spiro atoms. The highest BCUT2D eigenvalue weighted by Gasteiger charge is 2.14. The fourth-order valence-corrected chi connectivity index (χ4v) is 2.21. The molecule has 0 fully saturated rings. The van der Waals surface area contributed by atoms with Gasteiger partial charge in [0, 0.05) is 24.2 Å². The van der Waals surface area contributed by atoms with Crippen LogP contribution in [0.15, 0.2) is 48.7 Å². The number of amides is 1. The number of phenolic OH excluding ortho intramolecular Hbond substituents is 2. The lowest BCUT2D eigenvalue weighted by Gasteiger charge is -2.09. The Morgan fingerprint density at radius 2 is 1.92 bits per heavy atom. The van der Waals surface area contributed by atoms with Gasteiger partial charge in [-0.1, -0.05) is 0 Å². The Morgan fingerprint density at radius 1 is 1.17 bits per heavy atom. The fraction of sp³-hybridized carbons (Fsp3) is 0.0588. The van der Waals surface area contributed by atoms with Crippen LogP contribution in [0.5, 0.6) is 23.0 Å². The van der Waals surface area contributed by atoms with Crippen molar-refractivity contribution in [2.45, 2.75) is 6.92 Å². The topological polar surface area (TPSA) is 107 Å². The molecule has 0 atom stereocenters. The van der Waals surface area contributed by atoms with Gasteiger partial charge < -0.3 is 20.3 Å². The van der Waals surface area contributed by atoms with Gasteiger partial charge in [-0.2, -0.15) is 5.10 Å². The van der Waals surface area contributed by atoms with Crippen LogP contribution in [0.1, 0.15) is 6.92 Å². The maximum Gasteiger partial charge on any atom is 0.221 e. The van der Waals surface area contributed by atoms with Crippen LogP contribution in [-0.4, -0.2) is 26.3 Å². The normalized spacial score (nSPS) is 10.4. The van der Waals surface area contributed by atoms with E-state index in [-0.39, 0.29) is 17.4 Å². The van der Waals surface area contributed by atoms with Crippen molar-refractivity contribution in [3.63, 3.8) is 0 Å². The Morgan fingerprint density at radius 3 is 2.58 bits per heavy atom. The van der Waals surface area contributed by atoms with Gasteiger partial charge in [-0.3, -0.25) is 9.89 Å². The SMILES string of the molecule is CC(=O)Nc1ccc(Oc2cn[nH]c2-c2ccc(O)cc2O)cc1. The molecule has 0 aliphatic carbocycles. The van der Waals surface area contributed by atoms with Crippen LogP contribution < -0.4 is 10.1 Å². The minimum absolute atomic E-state index is 0.0354. The number of nitrogens with zero attached hydrogens (tertiary/aromatic N) is 1. The van der Waals surface area contributed by atoms with Crippen molar-refractivity contribution in [3.8, 4) is 34.3 Å². The van der Waals surface area contributed by atoms with E-state index < -0.39 is 0 Å². The van der Waals surface area contributed by atoms with Crippen molar-refractivity contribution < 1.29 is 19.7 Å². The molecule has 0 bridgehead atoms. The third-order valence-electron chi connectivity index (χ3n) is 3.26. The second-order valence-corrected chi connectivity index (χ2v) is 5.12. The van der Waals surface area contributed by atoms with Crippen LogP contribution in [0.2, 0.25) is 0 Å². The third kappa shape index (κ3) is 3.30. The molecule has 0 aliphatic rings. The lowest BCUT2D eigenvalue weighted by atomic mass is 10.1.